The molecule has 0 radical (unpaired) electrons. The number of β-lactam (4-membered cyclic amide) rings is 1. The summed E-state index contributed by atoms with van der Waals surface area (Å²) in [4.78, 5) is 66.0. The highest BCUT2D eigenvalue weighted by molar-refractivity contribution is 6.74. The van der Waals surface area contributed by atoms with Gasteiger partial charge in [-0.05, 0) is 49.6 Å². The van der Waals surface area contributed by atoms with Gasteiger partial charge in [-0.25, -0.2) is 9.59 Å². The Morgan fingerprint density at radius 1 is 1.05 bits per heavy atom. The second-order valence-electron chi connectivity index (χ2n) is 14.8. The quantitative estimate of drug-likeness (QED) is 0.146. The largest absolute Gasteiger partial charge is 0.474 e. The molecule has 1 N–H and O–H groups in total. The number of imide groups is 1. The van der Waals surface area contributed by atoms with Gasteiger partial charge in [0.05, 0.1) is 30.7 Å². The number of likely N-dealkylation sites (tertiary alicyclic amines) is 2. The third-order valence-corrected chi connectivity index (χ3v) is 18.8. The Morgan fingerprint density at radius 2 is 1.60 bits per heavy atom. The molecule has 11 nitrogen and oxygen atoms in total. The second kappa shape index (κ2) is 13.3. The first-order valence-corrected chi connectivity index (χ1v) is 20.8. The van der Waals surface area contributed by atoms with E-state index in [0.717, 1.165) is 0 Å². The third kappa shape index (κ3) is 8.23. The van der Waals surface area contributed by atoms with Crippen LogP contribution in [0, 0.1) is 11.8 Å². The van der Waals surface area contributed by atoms with Crippen LogP contribution >= 0.6 is 0 Å². The average Bonchev–Trinajstić information content (AvgIpc) is 3.28. The predicted octanol–water partition coefficient (Wildman–Crippen LogP) is 4.83. The fraction of sp³-hybridized carbons (Fsp3) is 0.767. The van der Waals surface area contributed by atoms with Gasteiger partial charge < -0.3 is 23.6 Å². The van der Waals surface area contributed by atoms with Crippen LogP contribution in [0.5, 0.6) is 0 Å². The van der Waals surface area contributed by atoms with Gasteiger partial charge in [0.1, 0.15) is 12.4 Å². The maximum atomic E-state index is 13.7. The van der Waals surface area contributed by atoms with Crippen molar-refractivity contribution < 1.29 is 42.7 Å². The van der Waals surface area contributed by atoms with Crippen molar-refractivity contribution in [1.29, 1.82) is 0 Å². The molecule has 244 valence electrons. The first-order valence-electron chi connectivity index (χ1n) is 15.0. The van der Waals surface area contributed by atoms with E-state index in [2.05, 4.69) is 61.2 Å². The summed E-state index contributed by atoms with van der Waals surface area (Å²) in [5.74, 6) is -5.48. The fourth-order valence-electron chi connectivity index (χ4n) is 5.01. The van der Waals surface area contributed by atoms with Crippen LogP contribution in [-0.4, -0.2) is 99.1 Å². The van der Waals surface area contributed by atoms with E-state index in [1.54, 1.807) is 6.92 Å². The lowest BCUT2D eigenvalue weighted by Crippen LogP contribution is -2.68. The number of hydrogen-bond acceptors (Lipinski definition) is 8. The van der Waals surface area contributed by atoms with Gasteiger partial charge in [-0.1, -0.05) is 54.2 Å². The van der Waals surface area contributed by atoms with Crippen LogP contribution in [0.25, 0.3) is 0 Å². The van der Waals surface area contributed by atoms with Crippen LogP contribution in [0.3, 0.4) is 0 Å². The van der Waals surface area contributed by atoms with Gasteiger partial charge in [-0.3, -0.25) is 19.3 Å². The molecule has 0 aromatic carbocycles. The zero-order valence-corrected chi connectivity index (χ0v) is 29.8. The molecular weight excluding hydrogens is 589 g/mol. The topological polar surface area (TPSA) is 140 Å². The lowest BCUT2D eigenvalue weighted by molar-refractivity contribution is -0.178. The molecule has 1 unspecified atom stereocenters. The number of carbonyl (C=O) groups excluding carboxylic acids is 4. The van der Waals surface area contributed by atoms with Crippen LogP contribution < -0.4 is 0 Å². The molecule has 2 saturated heterocycles. The maximum Gasteiger partial charge on any atom is 0.410 e. The first-order chi connectivity index (χ1) is 19.5. The Kier molecular flexibility index (Phi) is 11.4. The highest BCUT2D eigenvalue weighted by Crippen LogP contribution is 2.42. The van der Waals surface area contributed by atoms with Crippen molar-refractivity contribution in [2.75, 3.05) is 19.8 Å². The number of ketones is 1. The van der Waals surface area contributed by atoms with E-state index in [4.69, 9.17) is 13.6 Å². The summed E-state index contributed by atoms with van der Waals surface area (Å²) >= 11 is 0. The van der Waals surface area contributed by atoms with Gasteiger partial charge in [-0.15, -0.1) is 0 Å². The minimum atomic E-state index is -2.32. The van der Waals surface area contributed by atoms with Crippen molar-refractivity contribution in [3.05, 3.63) is 12.7 Å². The Labute approximate surface area is 258 Å². The standard InChI is InChI=1S/C30H52N2O9Si2/c1-13-14-39-28(38)31-17-20(15-21(31)18-40-42(9,10)29(3,4)5)23(33)16-22-24(25(34)32(22)26(35)27(36)37)19(2)41-43(11,12)30(6,7)8/h13,19-22,24H,1,14-18H2,2-12H3,(H,36,37)/t19-,20?,21+,22-,24-/m1/s1. The van der Waals surface area contributed by atoms with E-state index < -0.39 is 70.5 Å². The molecule has 0 bridgehead atoms. The lowest BCUT2D eigenvalue weighted by atomic mass is 9.78. The molecule has 13 heteroatoms. The normalized spacial score (nSPS) is 23.9. The summed E-state index contributed by atoms with van der Waals surface area (Å²) in [5.41, 5.74) is 0. The average molecular weight is 641 g/mol. The van der Waals surface area contributed by atoms with Gasteiger partial charge in [-0.2, -0.15) is 0 Å². The Balaban J connectivity index is 2.29. The zero-order chi connectivity index (χ0) is 33.3. The number of aliphatic carboxylic acids is 1. The Morgan fingerprint density at radius 3 is 2.09 bits per heavy atom. The smallest absolute Gasteiger partial charge is 0.410 e. The molecule has 0 aliphatic carbocycles. The molecule has 2 heterocycles. The Bertz CT molecular complexity index is 1110. The molecule has 43 heavy (non-hydrogen) atoms. The van der Waals surface area contributed by atoms with E-state index >= 15 is 0 Å². The molecule has 0 aromatic heterocycles. The molecule has 2 rings (SSSR count). The number of carboxylic acids is 1. The summed E-state index contributed by atoms with van der Waals surface area (Å²) in [6, 6.07) is -1.36. The molecule has 2 fully saturated rings. The van der Waals surface area contributed by atoms with E-state index in [1.807, 2.05) is 13.1 Å². The van der Waals surface area contributed by atoms with Gasteiger partial charge in [0.15, 0.2) is 16.6 Å². The number of rotatable bonds is 11. The molecule has 0 saturated carbocycles. The highest BCUT2D eigenvalue weighted by atomic mass is 28.4. The number of nitrogens with zero attached hydrogens (tertiary/aromatic N) is 2. The minimum Gasteiger partial charge on any atom is -0.474 e. The van der Waals surface area contributed by atoms with E-state index in [9.17, 15) is 29.1 Å². The van der Waals surface area contributed by atoms with Crippen molar-refractivity contribution in [2.24, 2.45) is 11.8 Å². The van der Waals surface area contributed by atoms with Crippen LogP contribution in [-0.2, 0) is 32.8 Å². The monoisotopic (exact) mass is 640 g/mol. The van der Waals surface area contributed by atoms with Gasteiger partial charge in [0, 0.05) is 18.9 Å². The van der Waals surface area contributed by atoms with Crippen molar-refractivity contribution in [1.82, 2.24) is 9.80 Å². The summed E-state index contributed by atoms with van der Waals surface area (Å²) in [6.45, 7) is 26.5. The van der Waals surface area contributed by atoms with Crippen LogP contribution in [0.2, 0.25) is 36.3 Å². The molecule has 2 aliphatic heterocycles. The summed E-state index contributed by atoms with van der Waals surface area (Å²) < 4.78 is 18.1. The summed E-state index contributed by atoms with van der Waals surface area (Å²) in [7, 11) is -4.48. The first kappa shape index (κ1) is 36.8. The predicted molar refractivity (Wildman–Crippen MR) is 167 cm³/mol. The third-order valence-electron chi connectivity index (χ3n) is 9.74. The molecular formula is C30H52N2O9Si2. The number of hydrogen-bond donors (Lipinski definition) is 1. The van der Waals surface area contributed by atoms with E-state index in [-0.39, 0.29) is 42.0 Å². The summed E-state index contributed by atoms with van der Waals surface area (Å²) in [5, 5.41) is 9.17. The van der Waals surface area contributed by atoms with Crippen molar-refractivity contribution in [2.45, 2.75) is 116 Å². The number of Topliss-reactive ketones (excluding diaryl/α,β-unsaturated/α-hetero) is 1. The second-order valence-corrected chi connectivity index (χ2v) is 24.4. The maximum absolute atomic E-state index is 13.7. The van der Waals surface area contributed by atoms with Crippen molar-refractivity contribution >= 4 is 46.3 Å². The molecule has 2 aliphatic rings. The van der Waals surface area contributed by atoms with Crippen LogP contribution in [0.15, 0.2) is 12.7 Å². The minimum absolute atomic E-state index is 0.0218. The molecule has 5 atom stereocenters. The number of ether oxygens (including phenoxy) is 1. The van der Waals surface area contributed by atoms with E-state index in [0.29, 0.717) is 11.3 Å². The van der Waals surface area contributed by atoms with Gasteiger partial charge >= 0.3 is 18.0 Å². The molecule has 0 aromatic rings. The zero-order valence-electron chi connectivity index (χ0n) is 27.8. The highest BCUT2D eigenvalue weighted by Gasteiger charge is 2.57. The SMILES string of the molecule is C=CCOC(=O)N1CC(C(=O)C[C@@H]2[C@@H]([C@@H](C)O[Si](C)(C)C(C)(C)C)C(=O)N2C(=O)C(=O)O)C[C@H]1CO[Si](C)(C)C(C)(C)C. The molecule has 0 spiro atoms. The number of carboxylic acid groups (broad SMARTS) is 1. The van der Waals surface area contributed by atoms with Gasteiger partial charge in [0.25, 0.3) is 0 Å². The van der Waals surface area contributed by atoms with Gasteiger partial charge in [0.2, 0.25) is 5.91 Å². The van der Waals surface area contributed by atoms with Crippen molar-refractivity contribution in [3.8, 4) is 0 Å². The number of carbonyl (C=O) groups is 5. The Hall–Kier alpha value is -2.36. The van der Waals surface area contributed by atoms with Crippen molar-refractivity contribution in [3.63, 3.8) is 0 Å². The lowest BCUT2D eigenvalue weighted by Gasteiger charge is -2.49. The fourth-order valence-corrected chi connectivity index (χ4v) is 7.48. The summed E-state index contributed by atoms with van der Waals surface area (Å²) in [6.07, 6.45) is 0.368. The van der Waals surface area contributed by atoms with Crippen LogP contribution in [0.4, 0.5) is 4.79 Å². The van der Waals surface area contributed by atoms with Crippen LogP contribution in [0.1, 0.15) is 61.3 Å². The number of amides is 3. The van der Waals surface area contributed by atoms with E-state index in [1.165, 1.54) is 11.0 Å². The molecule has 3 amide bonds.